The summed E-state index contributed by atoms with van der Waals surface area (Å²) in [6.07, 6.45) is 3.60. The van der Waals surface area contributed by atoms with Crippen LogP contribution in [-0.4, -0.2) is 36.4 Å². The topological polar surface area (TPSA) is 127 Å². The van der Waals surface area contributed by atoms with Gasteiger partial charge in [-0.05, 0) is 55.0 Å². The number of carbonyl (C=O) groups is 2. The zero-order chi connectivity index (χ0) is 22.3. The fourth-order valence-corrected chi connectivity index (χ4v) is 3.57. The molecule has 2 aromatic heterocycles. The summed E-state index contributed by atoms with van der Waals surface area (Å²) in [5, 5.41) is 2.62. The minimum atomic E-state index is -3.83. The Labute approximate surface area is 179 Å². The van der Waals surface area contributed by atoms with Crippen LogP contribution in [0, 0.1) is 0 Å². The predicted molar refractivity (Wildman–Crippen MR) is 114 cm³/mol. The lowest BCUT2D eigenvalue weighted by Crippen LogP contribution is -2.32. The third kappa shape index (κ3) is 5.86. The van der Waals surface area contributed by atoms with Gasteiger partial charge in [0.25, 0.3) is 15.9 Å². The van der Waals surface area contributed by atoms with Crippen LogP contribution in [-0.2, 0) is 19.6 Å². The Kier molecular flexibility index (Phi) is 6.93. The summed E-state index contributed by atoms with van der Waals surface area (Å²) >= 11 is 0. The lowest BCUT2D eigenvalue weighted by Gasteiger charge is -2.16. The lowest BCUT2D eigenvalue weighted by atomic mass is 10.2. The Bertz CT molecular complexity index is 1140. The molecule has 0 spiro atoms. The number of anilines is 2. The van der Waals surface area contributed by atoms with E-state index in [-0.39, 0.29) is 22.7 Å². The van der Waals surface area contributed by atoms with Gasteiger partial charge in [0.1, 0.15) is 5.82 Å². The molecule has 160 valence electrons. The second-order valence-corrected chi connectivity index (χ2v) is 8.06. The van der Waals surface area contributed by atoms with Gasteiger partial charge in [-0.3, -0.25) is 14.5 Å². The number of amides is 1. The van der Waals surface area contributed by atoms with Crippen LogP contribution < -0.4 is 10.0 Å². The third-order valence-electron chi connectivity index (χ3n) is 4.15. The van der Waals surface area contributed by atoms with E-state index in [0.29, 0.717) is 5.69 Å². The van der Waals surface area contributed by atoms with E-state index in [1.54, 1.807) is 25.1 Å². The van der Waals surface area contributed by atoms with Gasteiger partial charge in [-0.25, -0.2) is 18.2 Å². The number of esters is 1. The lowest BCUT2D eigenvalue weighted by molar-refractivity contribution is -0.124. The van der Waals surface area contributed by atoms with Gasteiger partial charge in [-0.2, -0.15) is 0 Å². The van der Waals surface area contributed by atoms with Crippen molar-refractivity contribution >= 4 is 33.4 Å². The molecular weight excluding hydrogens is 420 g/mol. The van der Waals surface area contributed by atoms with E-state index in [2.05, 4.69) is 20.0 Å². The summed E-state index contributed by atoms with van der Waals surface area (Å²) in [4.78, 5) is 32.4. The first kappa shape index (κ1) is 21.9. The van der Waals surface area contributed by atoms with Gasteiger partial charge in [-0.15, -0.1) is 0 Å². The van der Waals surface area contributed by atoms with Crippen LogP contribution in [0.4, 0.5) is 11.5 Å². The van der Waals surface area contributed by atoms with Gasteiger partial charge in [0.2, 0.25) is 0 Å². The molecule has 10 heteroatoms. The predicted octanol–water partition coefficient (Wildman–Crippen LogP) is 2.85. The molecule has 2 N–H and O–H groups in total. The van der Waals surface area contributed by atoms with E-state index >= 15 is 0 Å². The number of sulfonamides is 1. The Morgan fingerprint density at radius 1 is 1.03 bits per heavy atom. The first-order valence-electron chi connectivity index (χ1n) is 9.35. The summed E-state index contributed by atoms with van der Waals surface area (Å²) in [6, 6.07) is 13.6. The Morgan fingerprint density at radius 2 is 1.81 bits per heavy atom. The molecule has 9 nitrogen and oxygen atoms in total. The van der Waals surface area contributed by atoms with Crippen molar-refractivity contribution in [1.82, 2.24) is 9.97 Å². The number of benzene rings is 1. The standard InChI is InChI=1S/C21H20N4O5S/c1-2-18(30-21(27)15-6-5-12-22-14-15)20(26)24-16-8-10-17(11-9-16)31(28,29)25-19-7-3-4-13-23-19/h3-14,18H,2H2,1H3,(H,23,25)(H,24,26). The van der Waals surface area contributed by atoms with Crippen molar-refractivity contribution in [2.24, 2.45) is 0 Å². The Morgan fingerprint density at radius 3 is 2.42 bits per heavy atom. The van der Waals surface area contributed by atoms with E-state index in [0.717, 1.165) is 0 Å². The molecular formula is C21H20N4O5S. The third-order valence-corrected chi connectivity index (χ3v) is 5.52. The zero-order valence-electron chi connectivity index (χ0n) is 16.6. The van der Waals surface area contributed by atoms with E-state index in [1.807, 2.05) is 0 Å². The fraction of sp³-hybridized carbons (Fsp3) is 0.143. The Balaban J connectivity index is 1.64. The second-order valence-electron chi connectivity index (χ2n) is 6.38. The molecule has 1 atom stereocenters. The minimum absolute atomic E-state index is 0.00574. The van der Waals surface area contributed by atoms with E-state index < -0.39 is 28.0 Å². The fourth-order valence-electron chi connectivity index (χ4n) is 2.56. The summed E-state index contributed by atoms with van der Waals surface area (Å²) in [5.41, 5.74) is 0.598. The molecule has 1 amide bonds. The first-order valence-corrected chi connectivity index (χ1v) is 10.8. The highest BCUT2D eigenvalue weighted by atomic mass is 32.2. The molecule has 3 aromatic rings. The van der Waals surface area contributed by atoms with Gasteiger partial charge < -0.3 is 10.1 Å². The van der Waals surface area contributed by atoms with Crippen LogP contribution >= 0.6 is 0 Å². The van der Waals surface area contributed by atoms with Crippen molar-refractivity contribution in [3.63, 3.8) is 0 Å². The molecule has 0 bridgehead atoms. The number of carbonyl (C=O) groups excluding carboxylic acids is 2. The highest BCUT2D eigenvalue weighted by Gasteiger charge is 2.22. The number of ether oxygens (including phenoxy) is 1. The maximum Gasteiger partial charge on any atom is 0.340 e. The summed E-state index contributed by atoms with van der Waals surface area (Å²) in [7, 11) is -3.83. The molecule has 31 heavy (non-hydrogen) atoms. The minimum Gasteiger partial charge on any atom is -0.449 e. The molecule has 1 aromatic carbocycles. The van der Waals surface area contributed by atoms with Crippen LogP contribution in [0.2, 0.25) is 0 Å². The molecule has 0 radical (unpaired) electrons. The molecule has 2 heterocycles. The maximum absolute atomic E-state index is 12.5. The number of hydrogen-bond donors (Lipinski definition) is 2. The summed E-state index contributed by atoms with van der Waals surface area (Å²) in [6.45, 7) is 1.71. The number of pyridine rings is 2. The van der Waals surface area contributed by atoms with Crippen molar-refractivity contribution < 1.29 is 22.7 Å². The van der Waals surface area contributed by atoms with Gasteiger partial charge in [0, 0.05) is 24.3 Å². The summed E-state index contributed by atoms with van der Waals surface area (Å²) < 4.78 is 32.5. The highest BCUT2D eigenvalue weighted by Crippen LogP contribution is 2.18. The van der Waals surface area contributed by atoms with Gasteiger partial charge in [0.05, 0.1) is 10.5 Å². The van der Waals surface area contributed by atoms with Gasteiger partial charge >= 0.3 is 5.97 Å². The quantitative estimate of drug-likeness (QED) is 0.516. The smallest absolute Gasteiger partial charge is 0.340 e. The van der Waals surface area contributed by atoms with Crippen molar-refractivity contribution in [3.05, 3.63) is 78.8 Å². The van der Waals surface area contributed by atoms with Crippen LogP contribution in [0.5, 0.6) is 0 Å². The molecule has 0 saturated heterocycles. The average Bonchev–Trinajstić information content (AvgIpc) is 2.78. The van der Waals surface area contributed by atoms with Crippen molar-refractivity contribution in [3.8, 4) is 0 Å². The molecule has 3 rings (SSSR count). The number of aromatic nitrogens is 2. The van der Waals surface area contributed by atoms with Crippen molar-refractivity contribution in [1.29, 1.82) is 0 Å². The Hall–Kier alpha value is -3.79. The van der Waals surface area contributed by atoms with E-state index in [4.69, 9.17) is 4.74 Å². The first-order chi connectivity index (χ1) is 14.9. The SMILES string of the molecule is CCC(OC(=O)c1cccnc1)C(=O)Nc1ccc(S(=O)(=O)Nc2ccccn2)cc1. The van der Waals surface area contributed by atoms with Crippen LogP contribution in [0.25, 0.3) is 0 Å². The molecule has 0 aliphatic rings. The average molecular weight is 440 g/mol. The monoisotopic (exact) mass is 440 g/mol. The van der Waals surface area contributed by atoms with Crippen LogP contribution in [0.1, 0.15) is 23.7 Å². The molecule has 0 saturated carbocycles. The molecule has 1 unspecified atom stereocenters. The number of rotatable bonds is 8. The highest BCUT2D eigenvalue weighted by molar-refractivity contribution is 7.92. The van der Waals surface area contributed by atoms with Crippen molar-refractivity contribution in [2.45, 2.75) is 24.3 Å². The van der Waals surface area contributed by atoms with Gasteiger partial charge in [0.15, 0.2) is 6.10 Å². The van der Waals surface area contributed by atoms with E-state index in [1.165, 1.54) is 55.0 Å². The second kappa shape index (κ2) is 9.81. The normalized spacial score (nSPS) is 11.9. The molecule has 0 aliphatic heterocycles. The number of hydrogen-bond acceptors (Lipinski definition) is 7. The molecule has 0 aliphatic carbocycles. The zero-order valence-corrected chi connectivity index (χ0v) is 17.4. The number of nitrogens with zero attached hydrogens (tertiary/aromatic N) is 2. The van der Waals surface area contributed by atoms with Crippen LogP contribution in [0.3, 0.4) is 0 Å². The largest absolute Gasteiger partial charge is 0.449 e. The summed E-state index contributed by atoms with van der Waals surface area (Å²) in [5.74, 6) is -0.986. The van der Waals surface area contributed by atoms with Crippen molar-refractivity contribution in [2.75, 3.05) is 10.0 Å². The number of nitrogens with one attached hydrogen (secondary N) is 2. The van der Waals surface area contributed by atoms with Crippen LogP contribution in [0.15, 0.2) is 78.1 Å². The van der Waals surface area contributed by atoms with Gasteiger partial charge in [-0.1, -0.05) is 13.0 Å². The molecule has 0 fully saturated rings. The van der Waals surface area contributed by atoms with E-state index in [9.17, 15) is 18.0 Å². The maximum atomic E-state index is 12.5.